The number of carbonyl (C=O) groups is 1. The van der Waals surface area contributed by atoms with Crippen LogP contribution >= 0.6 is 11.3 Å². The Morgan fingerprint density at radius 2 is 2.00 bits per heavy atom. The van der Waals surface area contributed by atoms with Gasteiger partial charge >= 0.3 is 0 Å². The van der Waals surface area contributed by atoms with E-state index in [9.17, 15) is 4.79 Å². The zero-order valence-corrected chi connectivity index (χ0v) is 16.4. The molecule has 5 nitrogen and oxygen atoms in total. The molecule has 0 unspecified atom stereocenters. The Labute approximate surface area is 163 Å². The summed E-state index contributed by atoms with van der Waals surface area (Å²) in [5.41, 5.74) is 3.40. The van der Waals surface area contributed by atoms with Crippen molar-refractivity contribution in [3.8, 4) is 0 Å². The molecule has 1 aliphatic rings. The first-order chi connectivity index (χ1) is 13.3. The summed E-state index contributed by atoms with van der Waals surface area (Å²) in [5.74, 6) is 0.710. The number of benzene rings is 1. The van der Waals surface area contributed by atoms with Gasteiger partial charge in [-0.2, -0.15) is 0 Å². The summed E-state index contributed by atoms with van der Waals surface area (Å²) in [6.07, 6.45) is 8.41. The largest absolute Gasteiger partial charge is 0.360 e. The van der Waals surface area contributed by atoms with Crippen LogP contribution in [0.25, 0.3) is 10.2 Å². The van der Waals surface area contributed by atoms with Gasteiger partial charge in [-0.25, -0.2) is 9.97 Å². The number of nitrogens with zero attached hydrogens (tertiary/aromatic N) is 2. The van der Waals surface area contributed by atoms with Crippen LogP contribution in [0.2, 0.25) is 0 Å². The zero-order valence-electron chi connectivity index (χ0n) is 15.5. The number of aryl methyl sites for hydroxylation is 3. The van der Waals surface area contributed by atoms with E-state index in [1.165, 1.54) is 29.7 Å². The van der Waals surface area contributed by atoms with E-state index in [1.807, 2.05) is 24.3 Å². The molecule has 1 aliphatic carbocycles. The van der Waals surface area contributed by atoms with E-state index in [0.29, 0.717) is 0 Å². The SMILES string of the molecule is CCc1ccccc1NC(=O)CNc1ncnc2sc3c(c12)CCCCC3. The molecule has 4 rings (SSSR count). The summed E-state index contributed by atoms with van der Waals surface area (Å²) in [6.45, 7) is 2.28. The molecule has 1 amide bonds. The van der Waals surface area contributed by atoms with Gasteiger partial charge in [0.1, 0.15) is 17.0 Å². The van der Waals surface area contributed by atoms with Crippen LogP contribution < -0.4 is 10.6 Å². The number of thiophene rings is 1. The molecular formula is C21H24N4OS. The normalized spacial score (nSPS) is 13.8. The number of carbonyl (C=O) groups excluding carboxylic acids is 1. The third-order valence-corrected chi connectivity index (χ3v) is 6.29. The zero-order chi connectivity index (χ0) is 18.6. The van der Waals surface area contributed by atoms with Gasteiger partial charge in [0.25, 0.3) is 0 Å². The molecule has 0 saturated carbocycles. The van der Waals surface area contributed by atoms with Gasteiger partial charge in [-0.05, 0) is 49.3 Å². The van der Waals surface area contributed by atoms with Crippen LogP contribution in [0.15, 0.2) is 30.6 Å². The first-order valence-electron chi connectivity index (χ1n) is 9.63. The van der Waals surface area contributed by atoms with Crippen molar-refractivity contribution in [2.24, 2.45) is 0 Å². The molecule has 0 atom stereocenters. The summed E-state index contributed by atoms with van der Waals surface area (Å²) in [7, 11) is 0. The molecule has 140 valence electrons. The van der Waals surface area contributed by atoms with Gasteiger partial charge < -0.3 is 10.6 Å². The minimum absolute atomic E-state index is 0.0658. The van der Waals surface area contributed by atoms with Crippen molar-refractivity contribution < 1.29 is 4.79 Å². The lowest BCUT2D eigenvalue weighted by atomic mass is 10.1. The highest BCUT2D eigenvalue weighted by Crippen LogP contribution is 2.37. The van der Waals surface area contributed by atoms with E-state index < -0.39 is 0 Å². The fourth-order valence-corrected chi connectivity index (χ4v) is 4.94. The fraction of sp³-hybridized carbons (Fsp3) is 0.381. The maximum absolute atomic E-state index is 12.5. The maximum atomic E-state index is 12.5. The number of aromatic nitrogens is 2. The molecule has 0 aliphatic heterocycles. The maximum Gasteiger partial charge on any atom is 0.243 e. The number of hydrogen-bond acceptors (Lipinski definition) is 5. The second-order valence-corrected chi connectivity index (χ2v) is 7.96. The second-order valence-electron chi connectivity index (χ2n) is 6.88. The fourth-order valence-electron chi connectivity index (χ4n) is 3.71. The lowest BCUT2D eigenvalue weighted by Gasteiger charge is -2.11. The minimum atomic E-state index is -0.0658. The lowest BCUT2D eigenvalue weighted by molar-refractivity contribution is -0.114. The number of para-hydroxylation sites is 1. The van der Waals surface area contributed by atoms with Gasteiger partial charge in [-0.3, -0.25) is 4.79 Å². The van der Waals surface area contributed by atoms with Gasteiger partial charge in [0.15, 0.2) is 0 Å². The lowest BCUT2D eigenvalue weighted by Crippen LogP contribution is -2.23. The van der Waals surface area contributed by atoms with Gasteiger partial charge in [0.2, 0.25) is 5.91 Å². The molecule has 0 saturated heterocycles. The average molecular weight is 381 g/mol. The van der Waals surface area contributed by atoms with E-state index in [1.54, 1.807) is 17.7 Å². The quantitative estimate of drug-likeness (QED) is 0.636. The Kier molecular flexibility index (Phi) is 5.34. The molecule has 0 spiro atoms. The average Bonchev–Trinajstić information content (AvgIpc) is 2.89. The van der Waals surface area contributed by atoms with E-state index in [4.69, 9.17) is 0 Å². The third kappa shape index (κ3) is 3.81. The van der Waals surface area contributed by atoms with Crippen molar-refractivity contribution in [1.82, 2.24) is 9.97 Å². The number of rotatable bonds is 5. The predicted octanol–water partition coefficient (Wildman–Crippen LogP) is 4.57. The van der Waals surface area contributed by atoms with Gasteiger partial charge in [0.05, 0.1) is 11.9 Å². The second kappa shape index (κ2) is 8.05. The van der Waals surface area contributed by atoms with Crippen molar-refractivity contribution in [2.45, 2.75) is 45.4 Å². The monoisotopic (exact) mass is 380 g/mol. The highest BCUT2D eigenvalue weighted by atomic mass is 32.1. The molecule has 2 N–H and O–H groups in total. The Morgan fingerprint density at radius 3 is 2.89 bits per heavy atom. The molecule has 6 heteroatoms. The Morgan fingerprint density at radius 1 is 1.15 bits per heavy atom. The van der Waals surface area contributed by atoms with Gasteiger partial charge in [-0.1, -0.05) is 31.5 Å². The topological polar surface area (TPSA) is 66.9 Å². The molecule has 0 radical (unpaired) electrons. The standard InChI is InChI=1S/C21H24N4OS/c1-2-14-8-6-7-10-16(14)25-18(26)12-22-20-19-15-9-4-3-5-11-17(15)27-21(19)24-13-23-20/h6-8,10,13H,2-5,9,11-12H2,1H3,(H,25,26)(H,22,23,24). The number of nitrogens with one attached hydrogen (secondary N) is 2. The van der Waals surface area contributed by atoms with Gasteiger partial charge in [-0.15, -0.1) is 11.3 Å². The summed E-state index contributed by atoms with van der Waals surface area (Å²) in [6, 6.07) is 7.92. The molecule has 2 heterocycles. The molecule has 2 aromatic heterocycles. The van der Waals surface area contributed by atoms with Crippen LogP contribution in [0, 0.1) is 0 Å². The van der Waals surface area contributed by atoms with Crippen LogP contribution in [-0.2, 0) is 24.1 Å². The van der Waals surface area contributed by atoms with E-state index in [0.717, 1.165) is 46.5 Å². The molecular weight excluding hydrogens is 356 g/mol. The molecule has 0 fully saturated rings. The molecule has 1 aromatic carbocycles. The van der Waals surface area contributed by atoms with E-state index in [-0.39, 0.29) is 12.5 Å². The highest BCUT2D eigenvalue weighted by molar-refractivity contribution is 7.18. The van der Waals surface area contributed by atoms with Crippen LogP contribution in [0.3, 0.4) is 0 Å². The van der Waals surface area contributed by atoms with Crippen molar-refractivity contribution >= 4 is 39.0 Å². The summed E-state index contributed by atoms with van der Waals surface area (Å²) >= 11 is 1.78. The minimum Gasteiger partial charge on any atom is -0.360 e. The predicted molar refractivity (Wildman–Crippen MR) is 112 cm³/mol. The van der Waals surface area contributed by atoms with Crippen LogP contribution in [-0.4, -0.2) is 22.4 Å². The van der Waals surface area contributed by atoms with Crippen molar-refractivity contribution in [2.75, 3.05) is 17.2 Å². The molecule has 3 aromatic rings. The first-order valence-corrected chi connectivity index (χ1v) is 10.4. The van der Waals surface area contributed by atoms with Crippen molar-refractivity contribution in [3.05, 3.63) is 46.6 Å². The number of anilines is 2. The number of amides is 1. The summed E-state index contributed by atoms with van der Waals surface area (Å²) in [5, 5.41) is 7.36. The first kappa shape index (κ1) is 17.9. The highest BCUT2D eigenvalue weighted by Gasteiger charge is 2.19. The van der Waals surface area contributed by atoms with Crippen LogP contribution in [0.5, 0.6) is 0 Å². The van der Waals surface area contributed by atoms with Crippen molar-refractivity contribution in [3.63, 3.8) is 0 Å². The number of fused-ring (bicyclic) bond motifs is 3. The smallest absolute Gasteiger partial charge is 0.243 e. The summed E-state index contributed by atoms with van der Waals surface area (Å²) < 4.78 is 0. The Bertz CT molecular complexity index is 966. The van der Waals surface area contributed by atoms with Gasteiger partial charge in [0, 0.05) is 10.6 Å². The summed E-state index contributed by atoms with van der Waals surface area (Å²) in [4.78, 5) is 23.8. The van der Waals surface area contributed by atoms with Crippen LogP contribution in [0.1, 0.15) is 42.2 Å². The number of hydrogen-bond donors (Lipinski definition) is 2. The third-order valence-electron chi connectivity index (χ3n) is 5.09. The Balaban J connectivity index is 1.52. The van der Waals surface area contributed by atoms with Crippen LogP contribution in [0.4, 0.5) is 11.5 Å². The van der Waals surface area contributed by atoms with Crippen molar-refractivity contribution in [1.29, 1.82) is 0 Å². The van der Waals surface area contributed by atoms with E-state index >= 15 is 0 Å². The van der Waals surface area contributed by atoms with E-state index in [2.05, 4.69) is 27.5 Å². The molecule has 27 heavy (non-hydrogen) atoms. The molecule has 0 bridgehead atoms. The Hall–Kier alpha value is -2.47.